The molecule has 0 radical (unpaired) electrons. The Morgan fingerprint density at radius 1 is 1.25 bits per heavy atom. The molecule has 3 rings (SSSR count). The van der Waals surface area contributed by atoms with Gasteiger partial charge in [0, 0.05) is 17.3 Å². The van der Waals surface area contributed by atoms with Crippen LogP contribution < -0.4 is 0 Å². The van der Waals surface area contributed by atoms with Crippen molar-refractivity contribution in [1.29, 1.82) is 0 Å². The number of aromatic nitrogens is 2. The van der Waals surface area contributed by atoms with Crippen LogP contribution in [0, 0.1) is 0 Å². The quantitative estimate of drug-likeness (QED) is 0.758. The van der Waals surface area contributed by atoms with Crippen LogP contribution in [0.2, 0.25) is 0 Å². The number of imidazole rings is 1. The van der Waals surface area contributed by atoms with Gasteiger partial charge >= 0.3 is 0 Å². The summed E-state index contributed by atoms with van der Waals surface area (Å²) in [7, 11) is 0. The van der Waals surface area contributed by atoms with Gasteiger partial charge in [0.15, 0.2) is 0 Å². The van der Waals surface area contributed by atoms with E-state index in [0.717, 1.165) is 12.8 Å². The van der Waals surface area contributed by atoms with Crippen molar-refractivity contribution >= 4 is 0 Å². The van der Waals surface area contributed by atoms with E-state index in [0.29, 0.717) is 0 Å². The molecule has 2 nitrogen and oxygen atoms in total. The maximum Gasteiger partial charge on any atom is 0.0922 e. The summed E-state index contributed by atoms with van der Waals surface area (Å²) in [5.41, 5.74) is 4.04. The van der Waals surface area contributed by atoms with E-state index in [-0.39, 0.29) is 5.41 Å². The lowest BCUT2D eigenvalue weighted by Crippen LogP contribution is -2.24. The molecule has 80 valence electrons. The van der Waals surface area contributed by atoms with E-state index < -0.39 is 0 Å². The zero-order valence-corrected chi connectivity index (χ0v) is 9.11. The monoisotopic (exact) mass is 210 g/mol. The van der Waals surface area contributed by atoms with Gasteiger partial charge in [0.1, 0.15) is 0 Å². The van der Waals surface area contributed by atoms with Crippen molar-refractivity contribution in [3.05, 3.63) is 66.3 Å². The highest BCUT2D eigenvalue weighted by Crippen LogP contribution is 2.39. The van der Waals surface area contributed by atoms with Crippen molar-refractivity contribution in [2.45, 2.75) is 18.3 Å². The largest absolute Gasteiger partial charge is 0.348 e. The third kappa shape index (κ3) is 1.23. The van der Waals surface area contributed by atoms with Crippen LogP contribution in [0.25, 0.3) is 0 Å². The van der Waals surface area contributed by atoms with Gasteiger partial charge in [-0.15, -0.1) is 6.58 Å². The Morgan fingerprint density at radius 2 is 1.94 bits per heavy atom. The molecule has 16 heavy (non-hydrogen) atoms. The van der Waals surface area contributed by atoms with Crippen molar-refractivity contribution in [1.82, 2.24) is 9.97 Å². The second-order valence-electron chi connectivity index (χ2n) is 4.45. The molecule has 0 saturated carbocycles. The third-order valence-corrected chi connectivity index (χ3v) is 3.56. The van der Waals surface area contributed by atoms with Gasteiger partial charge in [0.2, 0.25) is 0 Å². The summed E-state index contributed by atoms with van der Waals surface area (Å²) in [6, 6.07) is 8.61. The Labute approximate surface area is 95.0 Å². The molecule has 0 atom stereocenters. The number of rotatable bonds is 2. The number of aromatic amines is 1. The highest BCUT2D eigenvalue weighted by Gasteiger charge is 2.36. The van der Waals surface area contributed by atoms with Crippen LogP contribution in [0.1, 0.15) is 16.8 Å². The van der Waals surface area contributed by atoms with Gasteiger partial charge in [-0.1, -0.05) is 30.3 Å². The molecule has 2 aromatic rings. The van der Waals surface area contributed by atoms with Crippen LogP contribution >= 0.6 is 0 Å². The first-order valence-electron chi connectivity index (χ1n) is 5.53. The van der Waals surface area contributed by atoms with Gasteiger partial charge in [-0.25, -0.2) is 4.98 Å². The first kappa shape index (κ1) is 9.40. The van der Waals surface area contributed by atoms with Crippen LogP contribution in [0.3, 0.4) is 0 Å². The van der Waals surface area contributed by atoms with Crippen molar-refractivity contribution in [3.63, 3.8) is 0 Å². The normalized spacial score (nSPS) is 17.0. The highest BCUT2D eigenvalue weighted by molar-refractivity contribution is 5.42. The van der Waals surface area contributed by atoms with E-state index in [1.54, 1.807) is 6.33 Å². The van der Waals surface area contributed by atoms with Crippen molar-refractivity contribution < 1.29 is 0 Å². The topological polar surface area (TPSA) is 28.7 Å². The van der Waals surface area contributed by atoms with Gasteiger partial charge in [-0.3, -0.25) is 0 Å². The van der Waals surface area contributed by atoms with Crippen LogP contribution in [-0.4, -0.2) is 9.97 Å². The molecule has 2 heteroatoms. The molecule has 0 amide bonds. The van der Waals surface area contributed by atoms with Crippen LogP contribution in [-0.2, 0) is 18.3 Å². The molecule has 1 N–H and O–H groups in total. The Hall–Kier alpha value is -1.83. The third-order valence-electron chi connectivity index (χ3n) is 3.56. The van der Waals surface area contributed by atoms with Crippen LogP contribution in [0.4, 0.5) is 0 Å². The maximum absolute atomic E-state index is 4.12. The Kier molecular flexibility index (Phi) is 1.96. The number of benzene rings is 1. The van der Waals surface area contributed by atoms with Crippen molar-refractivity contribution in [2.75, 3.05) is 0 Å². The molecule has 0 saturated heterocycles. The van der Waals surface area contributed by atoms with E-state index in [1.165, 1.54) is 16.8 Å². The summed E-state index contributed by atoms with van der Waals surface area (Å²) in [6.45, 7) is 4.01. The van der Waals surface area contributed by atoms with E-state index in [4.69, 9.17) is 0 Å². The molecule has 1 heterocycles. The lowest BCUT2D eigenvalue weighted by Gasteiger charge is -2.22. The lowest BCUT2D eigenvalue weighted by molar-refractivity contribution is 0.557. The molecule has 0 spiro atoms. The summed E-state index contributed by atoms with van der Waals surface area (Å²) in [6.07, 6.45) is 7.75. The minimum atomic E-state index is 0.0141. The molecule has 1 aliphatic rings. The van der Waals surface area contributed by atoms with E-state index in [1.807, 2.05) is 6.20 Å². The summed E-state index contributed by atoms with van der Waals surface area (Å²) < 4.78 is 0. The molecular weight excluding hydrogens is 196 g/mol. The second-order valence-corrected chi connectivity index (χ2v) is 4.45. The molecule has 0 fully saturated rings. The number of H-pyrrole nitrogens is 1. The van der Waals surface area contributed by atoms with Gasteiger partial charge in [-0.2, -0.15) is 0 Å². The molecule has 1 aromatic heterocycles. The van der Waals surface area contributed by atoms with Crippen molar-refractivity contribution in [3.8, 4) is 0 Å². The molecule has 0 unspecified atom stereocenters. The predicted octanol–water partition coefficient (Wildman–Crippen LogP) is 2.63. The van der Waals surface area contributed by atoms with Gasteiger partial charge in [0.05, 0.1) is 6.33 Å². The molecule has 1 aliphatic carbocycles. The zero-order chi connectivity index (χ0) is 11.0. The predicted molar refractivity (Wildman–Crippen MR) is 64.3 cm³/mol. The average Bonchev–Trinajstić information content (AvgIpc) is 2.96. The first-order chi connectivity index (χ1) is 7.84. The Morgan fingerprint density at radius 3 is 2.44 bits per heavy atom. The molecule has 0 aliphatic heterocycles. The molecule has 0 bridgehead atoms. The standard InChI is InChI=1S/C14H14N2/c1-2-14(13-9-15-10-16-13)7-11-5-3-4-6-12(11)8-14/h2-6,9-10H,1,7-8H2,(H,15,16). The minimum absolute atomic E-state index is 0.0141. The van der Waals surface area contributed by atoms with Gasteiger partial charge in [0.25, 0.3) is 0 Å². The number of hydrogen-bond acceptors (Lipinski definition) is 1. The summed E-state index contributed by atoms with van der Waals surface area (Å²) in [5, 5.41) is 0. The number of nitrogens with one attached hydrogen (secondary N) is 1. The van der Waals surface area contributed by atoms with Gasteiger partial charge in [-0.05, 0) is 24.0 Å². The van der Waals surface area contributed by atoms with E-state index >= 15 is 0 Å². The zero-order valence-electron chi connectivity index (χ0n) is 9.11. The average molecular weight is 210 g/mol. The summed E-state index contributed by atoms with van der Waals surface area (Å²) in [4.78, 5) is 7.34. The second kappa shape index (κ2) is 3.34. The fourth-order valence-electron chi connectivity index (χ4n) is 2.62. The Bertz CT molecular complexity index is 486. The summed E-state index contributed by atoms with van der Waals surface area (Å²) in [5.74, 6) is 0. The van der Waals surface area contributed by atoms with Crippen LogP contribution in [0.15, 0.2) is 49.4 Å². The first-order valence-corrected chi connectivity index (χ1v) is 5.53. The number of fused-ring (bicyclic) bond motifs is 1. The molecular formula is C14H14N2. The Balaban J connectivity index is 2.07. The van der Waals surface area contributed by atoms with E-state index in [2.05, 4.69) is 46.9 Å². The minimum Gasteiger partial charge on any atom is -0.348 e. The smallest absolute Gasteiger partial charge is 0.0922 e. The fourth-order valence-corrected chi connectivity index (χ4v) is 2.62. The number of allylic oxidation sites excluding steroid dienone is 1. The maximum atomic E-state index is 4.12. The molecule has 1 aromatic carbocycles. The van der Waals surface area contributed by atoms with E-state index in [9.17, 15) is 0 Å². The fraction of sp³-hybridized carbons (Fsp3) is 0.214. The SMILES string of the molecule is C=CC1(c2cnc[nH]2)Cc2ccccc2C1. The number of hydrogen-bond donors (Lipinski definition) is 1. The summed E-state index contributed by atoms with van der Waals surface area (Å²) >= 11 is 0. The van der Waals surface area contributed by atoms with Gasteiger partial charge < -0.3 is 4.98 Å². The lowest BCUT2D eigenvalue weighted by atomic mass is 9.82. The highest BCUT2D eigenvalue weighted by atomic mass is 14.9. The number of nitrogens with zero attached hydrogens (tertiary/aromatic N) is 1. The van der Waals surface area contributed by atoms with Crippen molar-refractivity contribution in [2.24, 2.45) is 0 Å². The van der Waals surface area contributed by atoms with Crippen LogP contribution in [0.5, 0.6) is 0 Å².